The van der Waals surface area contributed by atoms with Gasteiger partial charge in [-0.15, -0.1) is 0 Å². The monoisotopic (exact) mass is 576 g/mol. The number of benzene rings is 4. The van der Waals surface area contributed by atoms with Crippen molar-refractivity contribution in [3.63, 3.8) is 0 Å². The third kappa shape index (κ3) is 8.12. The van der Waals surface area contributed by atoms with E-state index in [-0.39, 0.29) is 37.0 Å². The fourth-order valence-electron chi connectivity index (χ4n) is 2.71. The molecule has 0 unspecified atom stereocenters. The Morgan fingerprint density at radius 3 is 0.774 bits per heavy atom. The van der Waals surface area contributed by atoms with Crippen LogP contribution < -0.4 is 46.0 Å². The van der Waals surface area contributed by atoms with Crippen LogP contribution in [0, 0.1) is 0 Å². The number of hydrogen-bond acceptors (Lipinski definition) is 0. The van der Waals surface area contributed by atoms with Crippen LogP contribution in [-0.4, -0.2) is 0 Å². The molecule has 4 aromatic rings. The second kappa shape index (κ2) is 15.7. The molecule has 0 heterocycles. The second-order valence-electron chi connectivity index (χ2n) is 5.91. The van der Waals surface area contributed by atoms with Gasteiger partial charge in [-0.3, -0.25) is 0 Å². The molecule has 0 saturated heterocycles. The van der Waals surface area contributed by atoms with E-state index in [4.69, 9.17) is 0 Å². The van der Waals surface area contributed by atoms with Crippen molar-refractivity contribution >= 4 is 33.4 Å². The Morgan fingerprint density at radius 1 is 0.387 bits per heavy atom. The van der Waals surface area contributed by atoms with Gasteiger partial charge in [-0.1, -0.05) is 13.8 Å². The summed E-state index contributed by atoms with van der Waals surface area (Å²) < 4.78 is 0. The van der Waals surface area contributed by atoms with Gasteiger partial charge in [0.05, 0.1) is 0 Å². The van der Waals surface area contributed by atoms with Gasteiger partial charge in [-0.25, -0.2) is 0 Å². The summed E-state index contributed by atoms with van der Waals surface area (Å²) in [5.41, 5.74) is 0. The van der Waals surface area contributed by atoms with E-state index in [1.165, 1.54) is 21.2 Å². The Kier molecular flexibility index (Phi) is 14.2. The van der Waals surface area contributed by atoms with Crippen LogP contribution in [-0.2, 0) is 17.0 Å². The van der Waals surface area contributed by atoms with E-state index < -0.39 is 0 Å². The summed E-state index contributed by atoms with van der Waals surface area (Å²) in [5, 5.41) is 5.92. The molecule has 5 heteroatoms. The molecular weight excluding hydrogens is 552 g/mol. The Morgan fingerprint density at radius 2 is 0.581 bits per heavy atom. The Labute approximate surface area is 209 Å². The molecule has 0 spiro atoms. The summed E-state index contributed by atoms with van der Waals surface area (Å²) in [6.07, 6.45) is -0.717. The first kappa shape index (κ1) is 28.0. The van der Waals surface area contributed by atoms with Gasteiger partial charge in [0.25, 0.3) is 0 Å². The molecule has 0 nitrogen and oxygen atoms in total. The molecule has 0 amide bonds. The quantitative estimate of drug-likeness (QED) is 0.227. The van der Waals surface area contributed by atoms with Crippen molar-refractivity contribution in [2.24, 2.45) is 0 Å². The molecule has 4 aromatic carbocycles. The molecule has 31 heavy (non-hydrogen) atoms. The molecule has 0 atom stereocenters. The van der Waals surface area contributed by atoms with Gasteiger partial charge in [-0.2, -0.15) is 0 Å². The first-order chi connectivity index (χ1) is 14.4. The van der Waals surface area contributed by atoms with Crippen molar-refractivity contribution in [2.75, 3.05) is 0 Å². The molecule has 0 N–H and O–H groups in total. The molecule has 0 bridgehead atoms. The van der Waals surface area contributed by atoms with Gasteiger partial charge in [0.1, 0.15) is 0 Å². The van der Waals surface area contributed by atoms with Crippen molar-refractivity contribution in [3.05, 3.63) is 121 Å². The van der Waals surface area contributed by atoms with Crippen LogP contribution in [0.2, 0.25) is 0 Å². The Hall–Kier alpha value is -1.02. The molecule has 0 aromatic heterocycles. The number of rotatable bonds is 6. The Bertz CT molecular complexity index is 796. The Balaban J connectivity index is 0.00000117. The molecule has 164 valence electrons. The van der Waals surface area contributed by atoms with Gasteiger partial charge in [0.15, 0.2) is 0 Å². The first-order valence-corrected chi connectivity index (χ1v) is 16.3. The first-order valence-electron chi connectivity index (χ1n) is 9.82. The zero-order chi connectivity index (χ0) is 20.3. The van der Waals surface area contributed by atoms with Crippen LogP contribution in [0.15, 0.2) is 121 Å². The zero-order valence-corrected chi connectivity index (χ0v) is 22.4. The molecule has 4 rings (SSSR count). The van der Waals surface area contributed by atoms with Crippen LogP contribution in [0.3, 0.4) is 0 Å². The fraction of sp³-hybridized carbons (Fsp3) is 0.0769. The standard InChI is InChI=1S/2C12H10P.C2H6.2ClH.Pd/c2*1-3-7-11(8-4-1)13-12-9-5-2-6-10-12;1-2;;;/h2*1-10H;1-2H3;2*1H;/q2*-1;;;;+4/p-2. The predicted molar refractivity (Wildman–Crippen MR) is 129 cm³/mol. The van der Waals surface area contributed by atoms with Crippen molar-refractivity contribution in [1.82, 2.24) is 0 Å². The van der Waals surface area contributed by atoms with Gasteiger partial charge in [0, 0.05) is 0 Å². The summed E-state index contributed by atoms with van der Waals surface area (Å²) in [5.74, 6) is 0. The van der Waals surface area contributed by atoms with Crippen LogP contribution in [0.4, 0.5) is 0 Å². The van der Waals surface area contributed by atoms with E-state index in [0.717, 1.165) is 0 Å². The number of halogens is 2. The van der Waals surface area contributed by atoms with Crippen molar-refractivity contribution < 1.29 is 41.8 Å². The number of hydrogen-bond donors (Lipinski definition) is 0. The zero-order valence-electron chi connectivity index (χ0n) is 17.5. The second-order valence-corrected chi connectivity index (χ2v) is 16.5. The average molecular weight is 578 g/mol. The molecule has 0 aliphatic carbocycles. The minimum atomic E-state index is -0.359. The third-order valence-electron chi connectivity index (χ3n) is 3.99. The van der Waals surface area contributed by atoms with Crippen molar-refractivity contribution in [3.8, 4) is 0 Å². The normalized spacial score (nSPS) is 9.94. The topological polar surface area (TPSA) is 0 Å². The molecule has 0 fully saturated rings. The molecule has 0 saturated carbocycles. The predicted octanol–water partition coefficient (Wildman–Crippen LogP) is 0.199. The van der Waals surface area contributed by atoms with E-state index in [9.17, 15) is 0 Å². The molecule has 0 radical (unpaired) electrons. The van der Waals surface area contributed by atoms with E-state index in [1.54, 1.807) is 0 Å². The van der Waals surface area contributed by atoms with Crippen LogP contribution in [0.1, 0.15) is 13.8 Å². The average Bonchev–Trinajstić information content (AvgIpc) is 2.83. The van der Waals surface area contributed by atoms with Gasteiger partial charge in [-0.05, 0) is 0 Å². The van der Waals surface area contributed by atoms with Crippen molar-refractivity contribution in [2.45, 2.75) is 13.8 Å². The minimum absolute atomic E-state index is 0. The van der Waals surface area contributed by atoms with E-state index in [0.29, 0.717) is 17.0 Å². The fourth-order valence-corrected chi connectivity index (χ4v) is 18.7. The summed E-state index contributed by atoms with van der Waals surface area (Å²) in [4.78, 5) is 0. The van der Waals surface area contributed by atoms with Crippen LogP contribution >= 0.6 is 12.2 Å². The maximum atomic E-state index is 2.31. The summed E-state index contributed by atoms with van der Waals surface area (Å²) in [7, 11) is 0. The summed E-state index contributed by atoms with van der Waals surface area (Å²) in [6.45, 7) is 4.00. The van der Waals surface area contributed by atoms with Crippen LogP contribution in [0.25, 0.3) is 0 Å². The summed E-state index contributed by atoms with van der Waals surface area (Å²) >= 11 is 0.598. The summed E-state index contributed by atoms with van der Waals surface area (Å²) in [6, 6.07) is 44.3. The third-order valence-corrected chi connectivity index (χ3v) is 18.3. The van der Waals surface area contributed by atoms with Crippen LogP contribution in [0.5, 0.6) is 0 Å². The van der Waals surface area contributed by atoms with Gasteiger partial charge in [0.2, 0.25) is 0 Å². The van der Waals surface area contributed by atoms with Gasteiger partial charge < -0.3 is 24.8 Å². The maximum absolute atomic E-state index is 2.31. The molecule has 0 aliphatic rings. The van der Waals surface area contributed by atoms with Gasteiger partial charge >= 0.3 is 172 Å². The molecular formula is C26H26Cl2P2Pd. The van der Waals surface area contributed by atoms with E-state index in [1.807, 2.05) is 13.8 Å². The van der Waals surface area contributed by atoms with E-state index >= 15 is 0 Å². The molecule has 0 aliphatic heterocycles. The van der Waals surface area contributed by atoms with Crippen molar-refractivity contribution in [1.29, 1.82) is 0 Å². The van der Waals surface area contributed by atoms with E-state index in [2.05, 4.69) is 121 Å². The SMILES string of the molecule is CC.[Cl-].[Cl-].c1ccc([P]([Pd+2][P](c2ccccc2)c2ccccc2)c2ccccc2)cc1.